The minimum absolute atomic E-state index is 0.00991. The second-order valence-corrected chi connectivity index (χ2v) is 8.72. The summed E-state index contributed by atoms with van der Waals surface area (Å²) < 4.78 is 5.98. The lowest BCUT2D eigenvalue weighted by Crippen LogP contribution is -2.14. The van der Waals surface area contributed by atoms with E-state index in [1.54, 1.807) is 36.4 Å². The first-order valence-corrected chi connectivity index (χ1v) is 12.1. The number of nitrogens with zero attached hydrogens (tertiary/aromatic N) is 4. The third-order valence-electron chi connectivity index (χ3n) is 6.09. The van der Waals surface area contributed by atoms with Gasteiger partial charge in [0.2, 0.25) is 0 Å². The van der Waals surface area contributed by atoms with E-state index >= 15 is 0 Å². The first kappa shape index (κ1) is 24.6. The number of anilines is 2. The molecule has 1 aliphatic rings. The molecule has 3 aromatic carbocycles. The maximum Gasteiger partial charge on any atom is 0.291 e. The van der Waals surface area contributed by atoms with E-state index < -0.39 is 4.92 Å². The van der Waals surface area contributed by atoms with Crippen LogP contribution in [0.3, 0.4) is 0 Å². The lowest BCUT2D eigenvalue weighted by molar-refractivity contribution is -0.384. The van der Waals surface area contributed by atoms with Crippen LogP contribution in [0.1, 0.15) is 40.3 Å². The van der Waals surface area contributed by atoms with Crippen molar-refractivity contribution in [3.8, 4) is 0 Å². The van der Waals surface area contributed by atoms with E-state index in [4.69, 9.17) is 4.42 Å². The number of benzene rings is 3. The third kappa shape index (κ3) is 5.49. The molecule has 1 amide bonds. The number of hydrazone groups is 1. The zero-order chi connectivity index (χ0) is 26.5. The van der Waals surface area contributed by atoms with E-state index in [1.165, 1.54) is 12.1 Å². The molecule has 1 aromatic heterocycles. The van der Waals surface area contributed by atoms with Crippen molar-refractivity contribution in [2.45, 2.75) is 26.2 Å². The molecule has 0 saturated heterocycles. The maximum atomic E-state index is 13.1. The number of nitrogens with one attached hydrogen (secondary N) is 2. The van der Waals surface area contributed by atoms with Crippen molar-refractivity contribution in [2.24, 2.45) is 15.3 Å². The van der Waals surface area contributed by atoms with Crippen LogP contribution in [-0.4, -0.2) is 16.5 Å². The number of carbonyl (C=O) groups excluding carboxylic acids is 1. The van der Waals surface area contributed by atoms with Gasteiger partial charge >= 0.3 is 0 Å². The van der Waals surface area contributed by atoms with E-state index in [9.17, 15) is 14.9 Å². The summed E-state index contributed by atoms with van der Waals surface area (Å²) in [5.41, 5.74) is 7.94. The Labute approximate surface area is 218 Å². The molecule has 0 fully saturated rings. The Bertz CT molecular complexity index is 1520. The van der Waals surface area contributed by atoms with E-state index in [0.29, 0.717) is 29.9 Å². The molecule has 10 heteroatoms. The molecule has 1 heterocycles. The number of aryl methyl sites for hydroxylation is 1. The molecule has 0 radical (unpaired) electrons. The van der Waals surface area contributed by atoms with Crippen molar-refractivity contribution in [2.75, 3.05) is 10.7 Å². The lowest BCUT2D eigenvalue weighted by Gasteiger charge is -2.13. The Hall–Kier alpha value is -5.12. The predicted octanol–water partition coefficient (Wildman–Crippen LogP) is 7.32. The van der Waals surface area contributed by atoms with E-state index in [-0.39, 0.29) is 17.4 Å². The quantitative estimate of drug-likeness (QED) is 0.153. The van der Waals surface area contributed by atoms with Gasteiger partial charge in [0.25, 0.3) is 11.6 Å². The van der Waals surface area contributed by atoms with Crippen LogP contribution in [0.2, 0.25) is 0 Å². The predicted molar refractivity (Wildman–Crippen MR) is 145 cm³/mol. The van der Waals surface area contributed by atoms with Crippen LogP contribution in [0.5, 0.6) is 0 Å². The molecule has 190 valence electrons. The first-order chi connectivity index (χ1) is 18.5. The number of nitro benzene ring substituents is 1. The van der Waals surface area contributed by atoms with Crippen LogP contribution in [-0.2, 0) is 6.42 Å². The molecular formula is C28H24N6O4. The highest BCUT2D eigenvalue weighted by Gasteiger charge is 2.28. The summed E-state index contributed by atoms with van der Waals surface area (Å²) in [6.45, 7) is 1.84. The largest absolute Gasteiger partial charge is 0.455 e. The first-order valence-electron chi connectivity index (χ1n) is 12.1. The summed E-state index contributed by atoms with van der Waals surface area (Å²) in [7, 11) is 0. The van der Waals surface area contributed by atoms with Crippen LogP contribution in [0, 0.1) is 17.0 Å². The Morgan fingerprint density at radius 1 is 0.895 bits per heavy atom. The molecule has 0 saturated carbocycles. The monoisotopic (exact) mass is 508 g/mol. The second kappa shape index (κ2) is 10.9. The van der Waals surface area contributed by atoms with E-state index in [2.05, 4.69) is 26.1 Å². The SMILES string of the molecule is Cc1c(C(=O)Nc2ccc(N=Nc3ccccc3)cc2)oc2c1/C(=N/Nc1ccc([N+](=O)[O-])cc1)CCC2. The molecule has 4 aromatic rings. The van der Waals surface area contributed by atoms with Gasteiger partial charge < -0.3 is 9.73 Å². The third-order valence-corrected chi connectivity index (χ3v) is 6.09. The molecule has 0 bridgehead atoms. The Morgan fingerprint density at radius 2 is 1.55 bits per heavy atom. The summed E-state index contributed by atoms with van der Waals surface area (Å²) in [5, 5.41) is 26.7. The Morgan fingerprint density at radius 3 is 2.24 bits per heavy atom. The summed E-state index contributed by atoms with van der Waals surface area (Å²) in [6, 6.07) is 22.5. The van der Waals surface area contributed by atoms with Crippen LogP contribution in [0.15, 0.2) is 98.6 Å². The van der Waals surface area contributed by atoms with Gasteiger partial charge in [-0.15, -0.1) is 0 Å². The van der Waals surface area contributed by atoms with Gasteiger partial charge in [0.05, 0.1) is 27.7 Å². The zero-order valence-corrected chi connectivity index (χ0v) is 20.5. The standard InChI is InChI=1S/C28H24N6O4/c1-18-26-24(33-32-22-14-16-23(17-15-22)34(36)37)8-5-9-25(26)38-27(18)28(35)29-19-10-12-21(13-11-19)31-30-20-6-3-2-4-7-20/h2-4,6-7,10-17,32H,5,8-9H2,1H3,(H,29,35)/b31-30?,33-24+. The summed E-state index contributed by atoms with van der Waals surface area (Å²) in [5.74, 6) is 0.617. The fraction of sp³-hybridized carbons (Fsp3) is 0.143. The van der Waals surface area contributed by atoms with Gasteiger partial charge in [0.15, 0.2) is 5.76 Å². The molecule has 5 rings (SSSR count). The van der Waals surface area contributed by atoms with Gasteiger partial charge in [0, 0.05) is 35.4 Å². The van der Waals surface area contributed by atoms with E-state index in [1.807, 2.05) is 37.3 Å². The summed E-state index contributed by atoms with van der Waals surface area (Å²) in [4.78, 5) is 23.5. The maximum absolute atomic E-state index is 13.1. The molecule has 0 unspecified atom stereocenters. The number of amides is 1. The fourth-order valence-electron chi connectivity index (χ4n) is 4.20. The van der Waals surface area contributed by atoms with Crippen LogP contribution in [0.25, 0.3) is 0 Å². The fourth-order valence-corrected chi connectivity index (χ4v) is 4.20. The summed E-state index contributed by atoms with van der Waals surface area (Å²) in [6.07, 6.45) is 2.26. The molecule has 10 nitrogen and oxygen atoms in total. The normalized spacial score (nSPS) is 13.9. The van der Waals surface area contributed by atoms with Crippen LogP contribution >= 0.6 is 0 Å². The van der Waals surface area contributed by atoms with Crippen molar-refractivity contribution in [3.63, 3.8) is 0 Å². The average Bonchev–Trinajstić information content (AvgIpc) is 3.29. The number of rotatable bonds is 7. The molecule has 1 aliphatic carbocycles. The number of furan rings is 1. The van der Waals surface area contributed by atoms with Gasteiger partial charge in [-0.2, -0.15) is 15.3 Å². The Kier molecular flexibility index (Phi) is 7.03. The number of nitro groups is 1. The molecule has 0 aliphatic heterocycles. The van der Waals surface area contributed by atoms with Gasteiger partial charge in [-0.3, -0.25) is 20.3 Å². The van der Waals surface area contributed by atoms with Crippen molar-refractivity contribution < 1.29 is 14.1 Å². The van der Waals surface area contributed by atoms with Gasteiger partial charge in [-0.1, -0.05) is 18.2 Å². The minimum atomic E-state index is -0.448. The highest BCUT2D eigenvalue weighted by molar-refractivity contribution is 6.09. The number of azo groups is 1. The Balaban J connectivity index is 1.28. The van der Waals surface area contributed by atoms with Crippen molar-refractivity contribution >= 4 is 40.1 Å². The molecule has 38 heavy (non-hydrogen) atoms. The molecular weight excluding hydrogens is 484 g/mol. The number of hydrogen-bond donors (Lipinski definition) is 2. The van der Waals surface area contributed by atoms with Crippen molar-refractivity contribution in [3.05, 3.63) is 112 Å². The zero-order valence-electron chi connectivity index (χ0n) is 20.5. The minimum Gasteiger partial charge on any atom is -0.455 e. The summed E-state index contributed by atoms with van der Waals surface area (Å²) >= 11 is 0. The van der Waals surface area contributed by atoms with Gasteiger partial charge in [-0.25, -0.2) is 0 Å². The number of fused-ring (bicyclic) bond motifs is 1. The van der Waals surface area contributed by atoms with Crippen molar-refractivity contribution in [1.29, 1.82) is 0 Å². The van der Waals surface area contributed by atoms with Gasteiger partial charge in [-0.05, 0) is 68.3 Å². The van der Waals surface area contributed by atoms with Crippen molar-refractivity contribution in [1.82, 2.24) is 0 Å². The van der Waals surface area contributed by atoms with Gasteiger partial charge in [0.1, 0.15) is 5.76 Å². The van der Waals surface area contributed by atoms with E-state index in [0.717, 1.165) is 34.7 Å². The number of carbonyl (C=O) groups is 1. The average molecular weight is 509 g/mol. The topological polar surface area (TPSA) is 134 Å². The number of non-ortho nitro benzene ring substituents is 1. The van der Waals surface area contributed by atoms with Crippen LogP contribution < -0.4 is 10.7 Å². The second-order valence-electron chi connectivity index (χ2n) is 8.72. The highest BCUT2D eigenvalue weighted by atomic mass is 16.6. The number of hydrogen-bond acceptors (Lipinski definition) is 8. The molecule has 2 N–H and O–H groups in total. The highest BCUT2D eigenvalue weighted by Crippen LogP contribution is 2.31. The lowest BCUT2D eigenvalue weighted by atomic mass is 9.93. The molecule has 0 atom stereocenters. The molecule has 0 spiro atoms. The van der Waals surface area contributed by atoms with Crippen LogP contribution in [0.4, 0.5) is 28.4 Å². The smallest absolute Gasteiger partial charge is 0.291 e.